The van der Waals surface area contributed by atoms with E-state index in [1.54, 1.807) is 26.2 Å². The molecule has 2 rings (SSSR count). The van der Waals surface area contributed by atoms with Crippen molar-refractivity contribution in [3.63, 3.8) is 0 Å². The van der Waals surface area contributed by atoms with Crippen molar-refractivity contribution in [2.75, 3.05) is 14.1 Å². The van der Waals surface area contributed by atoms with Gasteiger partial charge in [0.2, 0.25) is 5.91 Å². The van der Waals surface area contributed by atoms with E-state index in [-0.39, 0.29) is 12.5 Å². The molecule has 2 aromatic rings. The van der Waals surface area contributed by atoms with Crippen LogP contribution in [0.15, 0.2) is 54.6 Å². The van der Waals surface area contributed by atoms with Crippen molar-refractivity contribution >= 4 is 12.0 Å². The van der Waals surface area contributed by atoms with Crippen LogP contribution in [-0.4, -0.2) is 37.0 Å². The van der Waals surface area contributed by atoms with Crippen LogP contribution in [0.2, 0.25) is 0 Å². The Labute approximate surface area is 142 Å². The highest BCUT2D eigenvalue weighted by atomic mass is 16.5. The van der Waals surface area contributed by atoms with Crippen molar-refractivity contribution in [2.24, 2.45) is 0 Å². The van der Waals surface area contributed by atoms with E-state index in [0.717, 1.165) is 11.1 Å². The van der Waals surface area contributed by atoms with Gasteiger partial charge in [0.05, 0.1) is 0 Å². The molecular formula is C19H21N2O3. The summed E-state index contributed by atoms with van der Waals surface area (Å²) in [6.07, 6.45) is -0.215. The van der Waals surface area contributed by atoms with Gasteiger partial charge in [0.1, 0.15) is 12.6 Å². The molecule has 1 radical (unpaired) electrons. The maximum atomic E-state index is 12.3. The Hall–Kier alpha value is -2.82. The number of nitrogens with one attached hydrogen (secondary N) is 1. The van der Waals surface area contributed by atoms with Crippen molar-refractivity contribution in [2.45, 2.75) is 19.1 Å². The Kier molecular flexibility index (Phi) is 6.37. The van der Waals surface area contributed by atoms with Gasteiger partial charge in [0.25, 0.3) is 0 Å². The predicted molar refractivity (Wildman–Crippen MR) is 91.2 cm³/mol. The van der Waals surface area contributed by atoms with E-state index in [9.17, 15) is 9.59 Å². The minimum absolute atomic E-state index is 0.163. The molecule has 1 N–H and O–H groups in total. The fraction of sp³-hybridized carbons (Fsp3) is 0.263. The first kappa shape index (κ1) is 17.5. The summed E-state index contributed by atoms with van der Waals surface area (Å²) in [5.74, 6) is -0.181. The van der Waals surface area contributed by atoms with Crippen molar-refractivity contribution in [3.05, 3.63) is 71.8 Å². The SMILES string of the molecule is CN(C)C(=O)[C@H](Cc1cc[c]cc1)NC(=O)OCc1ccccc1. The Morgan fingerprint density at radius 1 is 1.08 bits per heavy atom. The highest BCUT2D eigenvalue weighted by Crippen LogP contribution is 2.06. The monoisotopic (exact) mass is 325 g/mol. The highest BCUT2D eigenvalue weighted by molar-refractivity contribution is 5.85. The first-order chi connectivity index (χ1) is 11.6. The number of hydrogen-bond donors (Lipinski definition) is 1. The number of likely N-dealkylation sites (N-methyl/N-ethyl adjacent to an activating group) is 1. The number of carbonyl (C=O) groups is 2. The summed E-state index contributed by atoms with van der Waals surface area (Å²) >= 11 is 0. The van der Waals surface area contributed by atoms with Gasteiger partial charge in [0.15, 0.2) is 0 Å². The summed E-state index contributed by atoms with van der Waals surface area (Å²) in [4.78, 5) is 25.8. The van der Waals surface area contributed by atoms with E-state index in [2.05, 4.69) is 11.4 Å². The van der Waals surface area contributed by atoms with Crippen molar-refractivity contribution in [1.29, 1.82) is 0 Å². The number of rotatable bonds is 6. The molecule has 5 nitrogen and oxygen atoms in total. The summed E-state index contributed by atoms with van der Waals surface area (Å²) in [6.45, 7) is 0.163. The summed E-state index contributed by atoms with van der Waals surface area (Å²) < 4.78 is 5.20. The van der Waals surface area contributed by atoms with Crippen molar-refractivity contribution in [3.8, 4) is 0 Å². The molecule has 0 aliphatic rings. The maximum Gasteiger partial charge on any atom is 0.408 e. The molecule has 0 bridgehead atoms. The lowest BCUT2D eigenvalue weighted by atomic mass is 10.1. The molecule has 0 aromatic heterocycles. The van der Waals surface area contributed by atoms with Crippen LogP contribution in [0, 0.1) is 6.07 Å². The van der Waals surface area contributed by atoms with Gasteiger partial charge in [-0.1, -0.05) is 54.6 Å². The molecule has 0 saturated heterocycles. The normalized spacial score (nSPS) is 11.4. The second kappa shape index (κ2) is 8.72. The Morgan fingerprint density at radius 3 is 2.38 bits per heavy atom. The number of hydrogen-bond acceptors (Lipinski definition) is 3. The standard InChI is InChI=1S/C19H21N2O3/c1-21(2)18(22)17(13-15-9-5-3-6-10-15)20-19(23)24-14-16-11-7-4-8-12-16/h4-12,17H,13-14H2,1-2H3,(H,20,23)/t17-/m0/s1. The second-order valence-corrected chi connectivity index (χ2v) is 5.60. The molecular weight excluding hydrogens is 304 g/mol. The van der Waals surface area contributed by atoms with Crippen molar-refractivity contribution in [1.82, 2.24) is 10.2 Å². The van der Waals surface area contributed by atoms with E-state index in [4.69, 9.17) is 4.74 Å². The number of ether oxygens (including phenoxy) is 1. The van der Waals surface area contributed by atoms with Gasteiger partial charge in [-0.15, -0.1) is 0 Å². The first-order valence-electron chi connectivity index (χ1n) is 7.69. The molecule has 0 aliphatic carbocycles. The molecule has 125 valence electrons. The molecule has 0 fully saturated rings. The lowest BCUT2D eigenvalue weighted by Gasteiger charge is -2.21. The first-order valence-corrected chi connectivity index (χ1v) is 7.69. The number of alkyl carbamates (subject to hydrolysis) is 1. The van der Waals surface area contributed by atoms with Gasteiger partial charge in [-0.3, -0.25) is 4.79 Å². The summed E-state index contributed by atoms with van der Waals surface area (Å²) in [7, 11) is 3.32. The minimum atomic E-state index is -0.675. The zero-order chi connectivity index (χ0) is 17.4. The fourth-order valence-electron chi connectivity index (χ4n) is 2.21. The topological polar surface area (TPSA) is 58.6 Å². The van der Waals surface area contributed by atoms with Gasteiger partial charge in [-0.05, 0) is 17.2 Å². The fourth-order valence-corrected chi connectivity index (χ4v) is 2.21. The Balaban J connectivity index is 1.96. The number of nitrogens with zero attached hydrogens (tertiary/aromatic N) is 1. The van der Waals surface area contributed by atoms with Crippen LogP contribution in [-0.2, 0) is 22.6 Å². The Morgan fingerprint density at radius 2 is 1.75 bits per heavy atom. The van der Waals surface area contributed by atoms with Crippen LogP contribution >= 0.6 is 0 Å². The van der Waals surface area contributed by atoms with Crippen LogP contribution in [0.5, 0.6) is 0 Å². The molecule has 0 spiro atoms. The van der Waals surface area contributed by atoms with Crippen LogP contribution in [0.25, 0.3) is 0 Å². The quantitative estimate of drug-likeness (QED) is 0.887. The zero-order valence-electron chi connectivity index (χ0n) is 13.9. The molecule has 1 atom stereocenters. The number of benzene rings is 2. The third-order valence-corrected chi connectivity index (χ3v) is 3.47. The Bertz CT molecular complexity index is 657. The van der Waals surface area contributed by atoms with Gasteiger partial charge >= 0.3 is 6.09 Å². The summed E-state index contributed by atoms with van der Waals surface area (Å²) in [5, 5.41) is 2.65. The average molecular weight is 325 g/mol. The second-order valence-electron chi connectivity index (χ2n) is 5.60. The van der Waals surface area contributed by atoms with Gasteiger partial charge in [-0.25, -0.2) is 4.79 Å². The zero-order valence-corrected chi connectivity index (χ0v) is 13.9. The summed E-state index contributed by atoms with van der Waals surface area (Å²) in [5.41, 5.74) is 1.83. The molecule has 5 heteroatoms. The highest BCUT2D eigenvalue weighted by Gasteiger charge is 2.23. The molecule has 2 amide bonds. The van der Waals surface area contributed by atoms with Crippen LogP contribution in [0.4, 0.5) is 4.79 Å². The third-order valence-electron chi connectivity index (χ3n) is 3.47. The lowest BCUT2D eigenvalue weighted by Crippen LogP contribution is -2.47. The third kappa shape index (κ3) is 5.43. The average Bonchev–Trinajstić information content (AvgIpc) is 2.60. The van der Waals surface area contributed by atoms with E-state index in [1.165, 1.54) is 4.90 Å². The van der Waals surface area contributed by atoms with Crippen molar-refractivity contribution < 1.29 is 14.3 Å². The largest absolute Gasteiger partial charge is 0.445 e. The van der Waals surface area contributed by atoms with E-state index in [0.29, 0.717) is 6.42 Å². The van der Waals surface area contributed by atoms with Crippen LogP contribution in [0.1, 0.15) is 11.1 Å². The number of amides is 2. The van der Waals surface area contributed by atoms with E-state index < -0.39 is 12.1 Å². The van der Waals surface area contributed by atoms with Crippen LogP contribution in [0.3, 0.4) is 0 Å². The van der Waals surface area contributed by atoms with Gasteiger partial charge in [0, 0.05) is 20.5 Å². The summed E-state index contributed by atoms with van der Waals surface area (Å²) in [6, 6.07) is 18.9. The minimum Gasteiger partial charge on any atom is -0.445 e. The molecule has 0 unspecified atom stereocenters. The van der Waals surface area contributed by atoms with E-state index in [1.807, 2.05) is 42.5 Å². The molecule has 2 aromatic carbocycles. The molecule has 0 aliphatic heterocycles. The smallest absolute Gasteiger partial charge is 0.408 e. The van der Waals surface area contributed by atoms with Gasteiger partial charge in [-0.2, -0.15) is 0 Å². The maximum absolute atomic E-state index is 12.3. The molecule has 0 heterocycles. The lowest BCUT2D eigenvalue weighted by molar-refractivity contribution is -0.130. The predicted octanol–water partition coefficient (Wildman–Crippen LogP) is 2.41. The number of carbonyl (C=O) groups excluding carboxylic acids is 2. The van der Waals surface area contributed by atoms with Gasteiger partial charge < -0.3 is 15.0 Å². The van der Waals surface area contributed by atoms with Crippen LogP contribution < -0.4 is 5.32 Å². The van der Waals surface area contributed by atoms with E-state index >= 15 is 0 Å². The molecule has 0 saturated carbocycles. The molecule has 24 heavy (non-hydrogen) atoms.